The van der Waals surface area contributed by atoms with Gasteiger partial charge in [-0.2, -0.15) is 0 Å². The number of hydrogen-bond donors (Lipinski definition) is 4. The topological polar surface area (TPSA) is 122 Å². The first kappa shape index (κ1) is 22.5. The van der Waals surface area contributed by atoms with Gasteiger partial charge in [0.2, 0.25) is 0 Å². The van der Waals surface area contributed by atoms with Crippen LogP contribution in [0.25, 0.3) is 0 Å². The number of rotatable bonds is 11. The number of hydrazine groups is 1. The second-order valence-corrected chi connectivity index (χ2v) is 6.06. The van der Waals surface area contributed by atoms with Gasteiger partial charge in [0.05, 0.1) is 25.5 Å². The highest BCUT2D eigenvalue weighted by Crippen LogP contribution is 2.27. The van der Waals surface area contributed by atoms with Crippen LogP contribution in [0.15, 0.2) is 12.3 Å². The van der Waals surface area contributed by atoms with Crippen LogP contribution in [0.1, 0.15) is 56.9 Å². The van der Waals surface area contributed by atoms with Gasteiger partial charge < -0.3 is 19.9 Å². The molecule has 0 fully saturated rings. The Morgan fingerprint density at radius 1 is 1.11 bits per heavy atom. The number of aliphatic hydroxyl groups is 1. The highest BCUT2D eigenvalue weighted by molar-refractivity contribution is 5.94. The summed E-state index contributed by atoms with van der Waals surface area (Å²) in [5.74, 6) is 0.333. The van der Waals surface area contributed by atoms with Crippen LogP contribution in [0.2, 0.25) is 0 Å². The Bertz CT molecular complexity index is 595. The average molecular weight is 382 g/mol. The van der Waals surface area contributed by atoms with Crippen molar-refractivity contribution in [1.82, 2.24) is 21.2 Å². The first-order valence-corrected chi connectivity index (χ1v) is 9.25. The Morgan fingerprint density at radius 2 is 1.74 bits per heavy atom. The van der Waals surface area contributed by atoms with Gasteiger partial charge in [0.25, 0.3) is 5.91 Å². The average Bonchev–Trinajstić information content (AvgIpc) is 2.65. The monoisotopic (exact) mass is 382 g/mol. The molecule has 0 radical (unpaired) electrons. The molecule has 0 saturated carbocycles. The number of aliphatic hydroxyl groups excluding tert-OH is 1. The van der Waals surface area contributed by atoms with Gasteiger partial charge in [-0.05, 0) is 19.8 Å². The van der Waals surface area contributed by atoms with E-state index in [9.17, 15) is 9.59 Å². The Hall–Kier alpha value is -2.55. The predicted molar refractivity (Wildman–Crippen MR) is 101 cm³/mol. The summed E-state index contributed by atoms with van der Waals surface area (Å²) in [4.78, 5) is 27.8. The van der Waals surface area contributed by atoms with E-state index >= 15 is 0 Å². The Balaban J connectivity index is 2.70. The van der Waals surface area contributed by atoms with Crippen molar-refractivity contribution in [3.05, 3.63) is 18.0 Å². The van der Waals surface area contributed by atoms with Crippen molar-refractivity contribution >= 4 is 11.9 Å². The number of nitrogens with zero attached hydrogens (tertiary/aromatic N) is 1. The molecule has 27 heavy (non-hydrogen) atoms. The fraction of sp³-hybridized carbons (Fsp3) is 0.611. The van der Waals surface area contributed by atoms with Crippen LogP contribution in [0.4, 0.5) is 4.79 Å². The molecule has 0 aliphatic carbocycles. The summed E-state index contributed by atoms with van der Waals surface area (Å²) in [5.41, 5.74) is 4.52. The number of amides is 3. The summed E-state index contributed by atoms with van der Waals surface area (Å²) < 4.78 is 11.4. The molecule has 0 aliphatic heterocycles. The molecule has 9 nitrogen and oxygen atoms in total. The summed E-state index contributed by atoms with van der Waals surface area (Å²) in [6.07, 6.45) is 4.53. The second kappa shape index (κ2) is 12.7. The van der Waals surface area contributed by atoms with Crippen molar-refractivity contribution in [2.24, 2.45) is 0 Å². The molecule has 3 amide bonds. The van der Waals surface area contributed by atoms with E-state index in [0.29, 0.717) is 24.7 Å². The second-order valence-electron chi connectivity index (χ2n) is 6.06. The van der Waals surface area contributed by atoms with Gasteiger partial charge in [0, 0.05) is 12.6 Å². The van der Waals surface area contributed by atoms with Crippen LogP contribution in [-0.2, 0) is 0 Å². The lowest BCUT2D eigenvalue weighted by molar-refractivity contribution is 0.0930. The van der Waals surface area contributed by atoms with Gasteiger partial charge in [-0.1, -0.05) is 26.7 Å². The SMILES string of the molecule is CCCCOc1cnc(C(=O)NNC(=O)NC[C@H](C)O)cc1OCCCC. The molecule has 1 aromatic rings. The fourth-order valence-corrected chi connectivity index (χ4v) is 1.88. The zero-order valence-electron chi connectivity index (χ0n) is 16.2. The van der Waals surface area contributed by atoms with Crippen molar-refractivity contribution in [3.8, 4) is 11.5 Å². The maximum absolute atomic E-state index is 12.2. The summed E-state index contributed by atoms with van der Waals surface area (Å²) in [7, 11) is 0. The third-order valence-corrected chi connectivity index (χ3v) is 3.42. The van der Waals surface area contributed by atoms with Gasteiger partial charge in [0.15, 0.2) is 11.5 Å². The van der Waals surface area contributed by atoms with Crippen molar-refractivity contribution in [2.75, 3.05) is 19.8 Å². The molecule has 1 atom stereocenters. The third kappa shape index (κ3) is 9.09. The Labute approximate surface area is 159 Å². The zero-order valence-corrected chi connectivity index (χ0v) is 16.2. The molecule has 4 N–H and O–H groups in total. The fourth-order valence-electron chi connectivity index (χ4n) is 1.88. The van der Waals surface area contributed by atoms with E-state index in [1.165, 1.54) is 19.2 Å². The normalized spacial score (nSPS) is 11.4. The van der Waals surface area contributed by atoms with E-state index in [1.54, 1.807) is 0 Å². The molecule has 0 aliphatic rings. The van der Waals surface area contributed by atoms with E-state index in [0.717, 1.165) is 25.7 Å². The lowest BCUT2D eigenvalue weighted by Crippen LogP contribution is -2.48. The number of hydrogen-bond acceptors (Lipinski definition) is 6. The number of carbonyl (C=O) groups is 2. The minimum absolute atomic E-state index is 0.0686. The summed E-state index contributed by atoms with van der Waals surface area (Å²) in [5, 5.41) is 11.5. The standard InChI is InChI=1S/C18H30N4O5/c1-4-6-8-26-15-10-14(19-12-16(15)27-9-7-5-2)17(24)21-22-18(25)20-11-13(3)23/h10,12-13,23H,4-9,11H2,1-3H3,(H,21,24)(H2,20,22,25)/t13-/m0/s1. The van der Waals surface area contributed by atoms with E-state index in [4.69, 9.17) is 14.6 Å². The summed E-state index contributed by atoms with van der Waals surface area (Å²) in [6.45, 7) is 6.77. The van der Waals surface area contributed by atoms with Crippen molar-refractivity contribution in [3.63, 3.8) is 0 Å². The largest absolute Gasteiger partial charge is 0.490 e. The summed E-state index contributed by atoms with van der Waals surface area (Å²) in [6, 6.07) is 0.852. The van der Waals surface area contributed by atoms with Crippen LogP contribution in [0, 0.1) is 0 Å². The molecule has 0 aromatic carbocycles. The molecular weight excluding hydrogens is 352 g/mol. The van der Waals surface area contributed by atoms with Crippen LogP contribution in [-0.4, -0.2) is 47.9 Å². The van der Waals surface area contributed by atoms with Gasteiger partial charge in [-0.3, -0.25) is 10.2 Å². The van der Waals surface area contributed by atoms with Gasteiger partial charge in [-0.15, -0.1) is 0 Å². The van der Waals surface area contributed by atoms with Crippen molar-refractivity contribution in [2.45, 2.75) is 52.6 Å². The third-order valence-electron chi connectivity index (χ3n) is 3.42. The van der Waals surface area contributed by atoms with E-state index in [1.807, 2.05) is 0 Å². The van der Waals surface area contributed by atoms with E-state index in [-0.39, 0.29) is 12.2 Å². The summed E-state index contributed by atoms with van der Waals surface area (Å²) >= 11 is 0. The lowest BCUT2D eigenvalue weighted by atomic mass is 10.3. The molecule has 1 aromatic heterocycles. The lowest BCUT2D eigenvalue weighted by Gasteiger charge is -2.14. The number of carbonyl (C=O) groups excluding carboxylic acids is 2. The van der Waals surface area contributed by atoms with Gasteiger partial charge in [-0.25, -0.2) is 15.2 Å². The first-order valence-electron chi connectivity index (χ1n) is 9.25. The smallest absolute Gasteiger partial charge is 0.333 e. The van der Waals surface area contributed by atoms with Gasteiger partial charge >= 0.3 is 6.03 Å². The maximum atomic E-state index is 12.2. The number of ether oxygens (including phenoxy) is 2. The Morgan fingerprint density at radius 3 is 2.33 bits per heavy atom. The van der Waals surface area contributed by atoms with E-state index in [2.05, 4.69) is 35.0 Å². The highest BCUT2D eigenvalue weighted by atomic mass is 16.5. The van der Waals surface area contributed by atoms with E-state index < -0.39 is 18.0 Å². The molecule has 0 bridgehead atoms. The number of aromatic nitrogens is 1. The molecule has 152 valence electrons. The van der Waals surface area contributed by atoms with Crippen LogP contribution in [0.5, 0.6) is 11.5 Å². The van der Waals surface area contributed by atoms with Crippen LogP contribution < -0.4 is 25.6 Å². The highest BCUT2D eigenvalue weighted by Gasteiger charge is 2.14. The minimum atomic E-state index is -0.684. The number of unbranched alkanes of at least 4 members (excludes halogenated alkanes) is 2. The molecular formula is C18H30N4O5. The predicted octanol–water partition coefficient (Wildman–Crippen LogP) is 1.76. The quantitative estimate of drug-likeness (QED) is 0.342. The molecule has 0 saturated heterocycles. The molecule has 0 spiro atoms. The van der Waals surface area contributed by atoms with Gasteiger partial charge in [0.1, 0.15) is 5.69 Å². The number of pyridine rings is 1. The first-order chi connectivity index (χ1) is 13.0. The molecule has 0 unspecified atom stereocenters. The van der Waals surface area contributed by atoms with Crippen LogP contribution >= 0.6 is 0 Å². The molecule has 9 heteroatoms. The number of nitrogens with one attached hydrogen (secondary N) is 3. The minimum Gasteiger partial charge on any atom is -0.490 e. The van der Waals surface area contributed by atoms with Crippen molar-refractivity contribution in [1.29, 1.82) is 0 Å². The number of urea groups is 1. The molecule has 1 heterocycles. The van der Waals surface area contributed by atoms with Crippen molar-refractivity contribution < 1.29 is 24.2 Å². The maximum Gasteiger partial charge on any atom is 0.333 e. The van der Waals surface area contributed by atoms with Crippen LogP contribution in [0.3, 0.4) is 0 Å². The Kier molecular flexibility index (Phi) is 10.6. The molecule has 1 rings (SSSR count). The zero-order chi connectivity index (χ0) is 20.1.